The molecule has 0 unspecified atom stereocenters. The van der Waals surface area contributed by atoms with E-state index in [0.29, 0.717) is 31.7 Å². The fourth-order valence-electron chi connectivity index (χ4n) is 4.06. The average Bonchev–Trinajstić information content (AvgIpc) is 3.07. The zero-order valence-electron chi connectivity index (χ0n) is 18.4. The van der Waals surface area contributed by atoms with Crippen molar-refractivity contribution in [2.24, 2.45) is 0 Å². The first-order valence-electron chi connectivity index (χ1n) is 10.8. The van der Waals surface area contributed by atoms with E-state index in [2.05, 4.69) is 11.0 Å². The molecule has 0 aliphatic carbocycles. The van der Waals surface area contributed by atoms with Gasteiger partial charge in [-0.2, -0.15) is 4.31 Å². The Morgan fingerprint density at radius 2 is 1.70 bits per heavy atom. The summed E-state index contributed by atoms with van der Waals surface area (Å²) in [6.07, 6.45) is 4.02. The highest BCUT2D eigenvalue weighted by Gasteiger charge is 2.37. The van der Waals surface area contributed by atoms with Crippen molar-refractivity contribution < 1.29 is 21.6 Å². The highest BCUT2D eigenvalue weighted by atomic mass is 32.2. The van der Waals surface area contributed by atoms with Gasteiger partial charge in [-0.1, -0.05) is 48.6 Å². The van der Waals surface area contributed by atoms with Gasteiger partial charge >= 0.3 is 0 Å². The number of carbonyl (C=O) groups is 1. The van der Waals surface area contributed by atoms with E-state index in [1.54, 1.807) is 13.0 Å². The van der Waals surface area contributed by atoms with Crippen LogP contribution >= 0.6 is 0 Å². The maximum atomic E-state index is 13.4. The van der Waals surface area contributed by atoms with E-state index in [0.717, 1.165) is 16.4 Å². The summed E-state index contributed by atoms with van der Waals surface area (Å²) in [4.78, 5) is 14.3. The van der Waals surface area contributed by atoms with Gasteiger partial charge in [0.2, 0.25) is 26.0 Å². The molecule has 2 aromatic carbocycles. The molecule has 0 N–H and O–H groups in total. The van der Waals surface area contributed by atoms with Crippen molar-refractivity contribution in [2.75, 3.05) is 42.8 Å². The summed E-state index contributed by atoms with van der Waals surface area (Å²) < 4.78 is 53.4. The fourth-order valence-corrected chi connectivity index (χ4v) is 7.17. The van der Waals surface area contributed by atoms with E-state index in [1.165, 1.54) is 16.4 Å². The second-order valence-corrected chi connectivity index (χ2v) is 12.0. The Hall–Kier alpha value is -2.53. The van der Waals surface area contributed by atoms with Crippen LogP contribution in [0.1, 0.15) is 17.5 Å². The van der Waals surface area contributed by atoms with Gasteiger partial charge in [0, 0.05) is 39.1 Å². The maximum Gasteiger partial charge on any atom is 0.243 e. The number of carbonyl (C=O) groups excluding carboxylic acids is 1. The van der Waals surface area contributed by atoms with Crippen LogP contribution in [-0.4, -0.2) is 70.4 Å². The van der Waals surface area contributed by atoms with Crippen LogP contribution in [0.4, 0.5) is 5.69 Å². The number of amides is 1. The van der Waals surface area contributed by atoms with Crippen molar-refractivity contribution in [3.63, 3.8) is 0 Å². The molecule has 0 atom stereocenters. The van der Waals surface area contributed by atoms with Crippen LogP contribution in [0.2, 0.25) is 0 Å². The lowest BCUT2D eigenvalue weighted by Crippen LogP contribution is -2.48. The van der Waals surface area contributed by atoms with Crippen molar-refractivity contribution in [1.29, 1.82) is 0 Å². The van der Waals surface area contributed by atoms with Gasteiger partial charge in [0.25, 0.3) is 0 Å². The third-order valence-electron chi connectivity index (χ3n) is 5.91. The van der Waals surface area contributed by atoms with Crippen LogP contribution in [0.15, 0.2) is 59.5 Å². The zero-order valence-corrected chi connectivity index (χ0v) is 20.1. The van der Waals surface area contributed by atoms with Crippen molar-refractivity contribution in [2.45, 2.75) is 18.2 Å². The Morgan fingerprint density at radius 3 is 2.33 bits per heavy atom. The van der Waals surface area contributed by atoms with Gasteiger partial charge in [-0.3, -0.25) is 9.69 Å². The van der Waals surface area contributed by atoms with E-state index in [-0.39, 0.29) is 22.8 Å². The van der Waals surface area contributed by atoms with Crippen molar-refractivity contribution >= 4 is 37.7 Å². The lowest BCUT2D eigenvalue weighted by Gasteiger charge is -2.33. The summed E-state index contributed by atoms with van der Waals surface area (Å²) in [5.74, 6) is -0.804. The Morgan fingerprint density at radius 1 is 1.00 bits per heavy atom. The topological polar surface area (TPSA) is 95.1 Å². The van der Waals surface area contributed by atoms with Crippen LogP contribution in [-0.2, 0) is 24.8 Å². The lowest BCUT2D eigenvalue weighted by atomic mass is 10.2. The standard InChI is InChI=1S/C23H27N3O5S2/c1-19-9-10-21(26-23(27)11-17-32(26,28)29)18-22(19)33(30,31)25-15-13-24(14-16-25)12-5-8-20-6-3-2-4-7-20/h2-10,18H,11-17H2,1H3/b8-5+. The number of hydrogen-bond donors (Lipinski definition) is 0. The monoisotopic (exact) mass is 489 g/mol. The minimum absolute atomic E-state index is 0.0346. The van der Waals surface area contributed by atoms with Gasteiger partial charge in [-0.05, 0) is 30.2 Å². The third kappa shape index (κ3) is 5.03. The molecule has 10 heteroatoms. The second kappa shape index (κ2) is 9.38. The fraction of sp³-hybridized carbons (Fsp3) is 0.348. The molecular formula is C23H27N3O5S2. The molecule has 2 aliphatic heterocycles. The molecule has 4 rings (SSSR count). The summed E-state index contributed by atoms with van der Waals surface area (Å²) in [5.41, 5.74) is 1.70. The minimum Gasteiger partial charge on any atom is -0.297 e. The van der Waals surface area contributed by atoms with Crippen LogP contribution in [0.3, 0.4) is 0 Å². The Bertz CT molecular complexity index is 1270. The predicted molar refractivity (Wildman–Crippen MR) is 128 cm³/mol. The van der Waals surface area contributed by atoms with E-state index in [1.807, 2.05) is 36.4 Å². The summed E-state index contributed by atoms with van der Waals surface area (Å²) in [7, 11) is -7.59. The number of rotatable bonds is 6. The summed E-state index contributed by atoms with van der Waals surface area (Å²) >= 11 is 0. The molecule has 2 saturated heterocycles. The molecule has 1 amide bonds. The summed E-state index contributed by atoms with van der Waals surface area (Å²) in [6.45, 7) is 4.26. The molecule has 0 radical (unpaired) electrons. The van der Waals surface area contributed by atoms with E-state index in [4.69, 9.17) is 0 Å². The van der Waals surface area contributed by atoms with Gasteiger partial charge in [-0.15, -0.1) is 0 Å². The normalized spacial score (nSPS) is 20.0. The zero-order chi connectivity index (χ0) is 23.6. The molecule has 0 saturated carbocycles. The van der Waals surface area contributed by atoms with E-state index < -0.39 is 26.0 Å². The third-order valence-corrected chi connectivity index (χ3v) is 9.64. The first kappa shape index (κ1) is 23.6. The SMILES string of the molecule is Cc1ccc(N2C(=O)CCS2(=O)=O)cc1S(=O)(=O)N1CCN(C/C=C/c2ccccc2)CC1. The molecule has 0 spiro atoms. The molecule has 2 aromatic rings. The highest BCUT2D eigenvalue weighted by Crippen LogP contribution is 2.30. The van der Waals surface area contributed by atoms with Gasteiger partial charge < -0.3 is 0 Å². The lowest BCUT2D eigenvalue weighted by molar-refractivity contribution is -0.116. The van der Waals surface area contributed by atoms with Crippen LogP contribution in [0.25, 0.3) is 6.08 Å². The van der Waals surface area contributed by atoms with Gasteiger partial charge in [-0.25, -0.2) is 21.1 Å². The number of sulfonamides is 2. The van der Waals surface area contributed by atoms with Crippen LogP contribution < -0.4 is 4.31 Å². The molecule has 33 heavy (non-hydrogen) atoms. The summed E-state index contributed by atoms with van der Waals surface area (Å²) in [5, 5.41) is 0. The van der Waals surface area contributed by atoms with Crippen LogP contribution in [0, 0.1) is 6.92 Å². The largest absolute Gasteiger partial charge is 0.297 e. The van der Waals surface area contributed by atoms with Gasteiger partial charge in [0.15, 0.2) is 0 Å². The molecular weight excluding hydrogens is 462 g/mol. The van der Waals surface area contributed by atoms with Crippen molar-refractivity contribution in [1.82, 2.24) is 9.21 Å². The second-order valence-electron chi connectivity index (χ2n) is 8.19. The molecule has 2 fully saturated rings. The Balaban J connectivity index is 1.46. The first-order valence-corrected chi connectivity index (χ1v) is 13.8. The smallest absolute Gasteiger partial charge is 0.243 e. The van der Waals surface area contributed by atoms with Crippen molar-refractivity contribution in [3.8, 4) is 0 Å². The van der Waals surface area contributed by atoms with Crippen molar-refractivity contribution in [3.05, 3.63) is 65.7 Å². The number of nitrogens with zero attached hydrogens (tertiary/aromatic N) is 3. The van der Waals surface area contributed by atoms with Gasteiger partial charge in [0.05, 0.1) is 16.3 Å². The number of anilines is 1. The predicted octanol–water partition coefficient (Wildman–Crippen LogP) is 2.08. The number of benzene rings is 2. The van der Waals surface area contributed by atoms with Crippen LogP contribution in [0.5, 0.6) is 0 Å². The minimum atomic E-state index is -3.83. The number of aryl methyl sites for hydroxylation is 1. The molecule has 8 nitrogen and oxygen atoms in total. The summed E-state index contributed by atoms with van der Waals surface area (Å²) in [6, 6.07) is 14.3. The number of piperazine rings is 1. The van der Waals surface area contributed by atoms with E-state index >= 15 is 0 Å². The Kier molecular flexibility index (Phi) is 6.71. The van der Waals surface area contributed by atoms with E-state index in [9.17, 15) is 21.6 Å². The highest BCUT2D eigenvalue weighted by molar-refractivity contribution is 7.94. The molecule has 0 bridgehead atoms. The molecule has 2 heterocycles. The molecule has 2 aliphatic rings. The quantitative estimate of drug-likeness (QED) is 0.617. The Labute approximate surface area is 195 Å². The average molecular weight is 490 g/mol. The first-order chi connectivity index (χ1) is 15.7. The van der Waals surface area contributed by atoms with Gasteiger partial charge in [0.1, 0.15) is 0 Å². The molecule has 0 aromatic heterocycles. The maximum absolute atomic E-state index is 13.4. The molecule has 176 valence electrons. The number of hydrogen-bond acceptors (Lipinski definition) is 6.